The maximum absolute atomic E-state index is 13.1. The van der Waals surface area contributed by atoms with Crippen LogP contribution in [0.2, 0.25) is 0 Å². The van der Waals surface area contributed by atoms with Gasteiger partial charge in [0.2, 0.25) is 5.91 Å². The molecule has 0 unspecified atom stereocenters. The topological polar surface area (TPSA) is 93.7 Å². The molecule has 0 saturated carbocycles. The zero-order valence-corrected chi connectivity index (χ0v) is 21.5. The number of ether oxygens (including phenoxy) is 2. The van der Waals surface area contributed by atoms with Crippen LogP contribution in [0.5, 0.6) is 0 Å². The van der Waals surface area contributed by atoms with Crippen molar-refractivity contribution in [1.82, 2.24) is 5.32 Å². The zero-order valence-electron chi connectivity index (χ0n) is 21.5. The molecule has 7 nitrogen and oxygen atoms in total. The number of nitrogens with one attached hydrogen (secondary N) is 2. The van der Waals surface area contributed by atoms with Crippen molar-refractivity contribution in [2.24, 2.45) is 0 Å². The molecule has 192 valence electrons. The molecule has 0 heterocycles. The number of benzene rings is 3. The van der Waals surface area contributed by atoms with E-state index in [4.69, 9.17) is 9.47 Å². The van der Waals surface area contributed by atoms with Gasteiger partial charge in [0.1, 0.15) is 18.2 Å². The number of rotatable bonds is 7. The normalized spacial score (nSPS) is 13.2. The van der Waals surface area contributed by atoms with E-state index in [2.05, 4.69) is 22.8 Å². The molecule has 0 aliphatic heterocycles. The first-order valence-corrected chi connectivity index (χ1v) is 12.3. The fourth-order valence-electron chi connectivity index (χ4n) is 4.49. The fraction of sp³-hybridized carbons (Fsp3) is 0.300. The first kappa shape index (κ1) is 25.9. The number of carbonyl (C=O) groups excluding carboxylic acids is 3. The summed E-state index contributed by atoms with van der Waals surface area (Å²) in [5.41, 5.74) is 5.20. The molecule has 3 aromatic carbocycles. The summed E-state index contributed by atoms with van der Waals surface area (Å²) in [6.45, 7) is 7.23. The van der Waals surface area contributed by atoms with Crippen LogP contribution in [0, 0.1) is 6.92 Å². The third-order valence-corrected chi connectivity index (χ3v) is 6.03. The Morgan fingerprint density at radius 3 is 2.11 bits per heavy atom. The Bertz CT molecular complexity index is 1270. The number of amides is 2. The Morgan fingerprint density at radius 2 is 1.51 bits per heavy atom. The van der Waals surface area contributed by atoms with Crippen molar-refractivity contribution in [1.29, 1.82) is 0 Å². The average molecular weight is 501 g/mol. The summed E-state index contributed by atoms with van der Waals surface area (Å²) in [6, 6.07) is 22.2. The summed E-state index contributed by atoms with van der Waals surface area (Å²) >= 11 is 0. The smallest absolute Gasteiger partial charge is 0.407 e. The Morgan fingerprint density at radius 1 is 0.892 bits per heavy atom. The van der Waals surface area contributed by atoms with E-state index in [1.165, 1.54) is 0 Å². The molecule has 0 bridgehead atoms. The summed E-state index contributed by atoms with van der Waals surface area (Å²) in [5, 5.41) is 5.33. The van der Waals surface area contributed by atoms with Crippen molar-refractivity contribution in [2.45, 2.75) is 51.7 Å². The summed E-state index contributed by atoms with van der Waals surface area (Å²) in [7, 11) is 0. The second-order valence-electron chi connectivity index (χ2n) is 10.2. The minimum absolute atomic E-state index is 0.0958. The summed E-state index contributed by atoms with van der Waals surface area (Å²) in [5.74, 6) is -1.26. The van der Waals surface area contributed by atoms with Crippen molar-refractivity contribution in [3.63, 3.8) is 0 Å². The van der Waals surface area contributed by atoms with Gasteiger partial charge in [-0.25, -0.2) is 4.79 Å². The monoisotopic (exact) mass is 500 g/mol. The number of hydrogen-bond donors (Lipinski definition) is 2. The zero-order chi connectivity index (χ0) is 26.6. The summed E-state index contributed by atoms with van der Waals surface area (Å²) in [6.07, 6.45) is -1.12. The minimum Gasteiger partial charge on any atom is -0.460 e. The van der Waals surface area contributed by atoms with Crippen molar-refractivity contribution in [2.75, 3.05) is 11.9 Å². The Hall–Kier alpha value is -4.13. The number of fused-ring (bicyclic) bond motifs is 3. The van der Waals surface area contributed by atoms with Gasteiger partial charge in [-0.05, 0) is 67.6 Å². The van der Waals surface area contributed by atoms with Gasteiger partial charge >= 0.3 is 12.1 Å². The molecule has 0 saturated heterocycles. The Balaban J connectivity index is 1.45. The van der Waals surface area contributed by atoms with E-state index >= 15 is 0 Å². The molecule has 2 N–H and O–H groups in total. The predicted octanol–water partition coefficient (Wildman–Crippen LogP) is 5.57. The van der Waals surface area contributed by atoms with Crippen molar-refractivity contribution in [3.8, 4) is 11.1 Å². The Labute approximate surface area is 217 Å². The van der Waals surface area contributed by atoms with Gasteiger partial charge in [0, 0.05) is 11.6 Å². The van der Waals surface area contributed by atoms with Gasteiger partial charge in [-0.2, -0.15) is 0 Å². The largest absolute Gasteiger partial charge is 0.460 e. The van der Waals surface area contributed by atoms with E-state index in [9.17, 15) is 14.4 Å². The molecular formula is C30H32N2O5. The van der Waals surface area contributed by atoms with Crippen LogP contribution in [0.1, 0.15) is 49.8 Å². The molecule has 0 spiro atoms. The number of esters is 1. The number of anilines is 1. The van der Waals surface area contributed by atoms with Crippen molar-refractivity contribution in [3.05, 3.63) is 89.5 Å². The third-order valence-electron chi connectivity index (χ3n) is 6.03. The van der Waals surface area contributed by atoms with E-state index in [-0.39, 0.29) is 18.9 Å². The Kier molecular flexibility index (Phi) is 7.62. The molecule has 2 amide bonds. The molecule has 0 aromatic heterocycles. The highest BCUT2D eigenvalue weighted by atomic mass is 16.6. The van der Waals surface area contributed by atoms with Crippen LogP contribution in [0.4, 0.5) is 10.5 Å². The number of alkyl carbamates (subject to hydrolysis) is 1. The molecule has 37 heavy (non-hydrogen) atoms. The van der Waals surface area contributed by atoms with Crippen LogP contribution in [0.15, 0.2) is 72.8 Å². The molecule has 1 aliphatic carbocycles. The van der Waals surface area contributed by atoms with Crippen molar-refractivity contribution < 1.29 is 23.9 Å². The lowest BCUT2D eigenvalue weighted by Gasteiger charge is -2.23. The van der Waals surface area contributed by atoms with Gasteiger partial charge < -0.3 is 20.1 Å². The molecule has 0 fully saturated rings. The number of hydrogen-bond acceptors (Lipinski definition) is 5. The van der Waals surface area contributed by atoms with Crippen molar-refractivity contribution >= 4 is 23.7 Å². The quantitative estimate of drug-likeness (QED) is 0.414. The SMILES string of the molecule is Cc1cccc(NC(=O)[C@H](CC(=O)OC(C)(C)C)NC(=O)OCC2c3ccccc3-c3ccccc32)c1. The van der Waals surface area contributed by atoms with E-state index in [1.54, 1.807) is 32.9 Å². The molecule has 4 rings (SSSR count). The van der Waals surface area contributed by atoms with Crippen LogP contribution in [0.25, 0.3) is 11.1 Å². The van der Waals surface area contributed by atoms with Gasteiger partial charge in [0.25, 0.3) is 0 Å². The predicted molar refractivity (Wildman–Crippen MR) is 142 cm³/mol. The van der Waals surface area contributed by atoms with E-state index in [0.717, 1.165) is 27.8 Å². The lowest BCUT2D eigenvalue weighted by molar-refractivity contribution is -0.156. The van der Waals surface area contributed by atoms with E-state index in [1.807, 2.05) is 55.5 Å². The second kappa shape index (κ2) is 10.9. The van der Waals surface area contributed by atoms with Crippen LogP contribution < -0.4 is 10.6 Å². The highest BCUT2D eigenvalue weighted by Crippen LogP contribution is 2.44. The van der Waals surface area contributed by atoms with E-state index in [0.29, 0.717) is 5.69 Å². The molecule has 1 atom stereocenters. The van der Waals surface area contributed by atoms with Crippen LogP contribution in [-0.2, 0) is 19.1 Å². The maximum atomic E-state index is 13.1. The lowest BCUT2D eigenvalue weighted by Crippen LogP contribution is -2.46. The number of aryl methyl sites for hydroxylation is 1. The van der Waals surface area contributed by atoms with Crippen LogP contribution in [-0.4, -0.2) is 36.2 Å². The first-order valence-electron chi connectivity index (χ1n) is 12.3. The minimum atomic E-state index is -1.17. The van der Waals surface area contributed by atoms with Gasteiger partial charge in [-0.15, -0.1) is 0 Å². The van der Waals surface area contributed by atoms with Crippen LogP contribution >= 0.6 is 0 Å². The molecule has 1 aliphatic rings. The van der Waals surface area contributed by atoms with Gasteiger partial charge in [-0.1, -0.05) is 60.7 Å². The lowest BCUT2D eigenvalue weighted by atomic mass is 9.98. The maximum Gasteiger partial charge on any atom is 0.407 e. The summed E-state index contributed by atoms with van der Waals surface area (Å²) < 4.78 is 11.0. The molecule has 7 heteroatoms. The van der Waals surface area contributed by atoms with Gasteiger partial charge in [0.15, 0.2) is 0 Å². The average Bonchev–Trinajstić information content (AvgIpc) is 3.15. The molecule has 3 aromatic rings. The van der Waals surface area contributed by atoms with Gasteiger partial charge in [-0.3, -0.25) is 9.59 Å². The van der Waals surface area contributed by atoms with Crippen LogP contribution in [0.3, 0.4) is 0 Å². The highest BCUT2D eigenvalue weighted by molar-refractivity contribution is 5.98. The fourth-order valence-corrected chi connectivity index (χ4v) is 4.49. The molecule has 0 radical (unpaired) electrons. The van der Waals surface area contributed by atoms with E-state index < -0.39 is 29.6 Å². The second-order valence-corrected chi connectivity index (χ2v) is 10.2. The highest BCUT2D eigenvalue weighted by Gasteiger charge is 2.31. The molecular weight excluding hydrogens is 468 g/mol. The standard InChI is InChI=1S/C30H32N2O5/c1-19-10-9-11-20(16-19)31-28(34)26(17-27(33)37-30(2,3)4)32-29(35)36-18-25-23-14-7-5-12-21(23)22-13-6-8-15-24(22)25/h5-16,25-26H,17-18H2,1-4H3,(H,31,34)(H,32,35)/t26-/m0/s1. The summed E-state index contributed by atoms with van der Waals surface area (Å²) in [4.78, 5) is 38.4. The first-order chi connectivity index (χ1) is 17.6. The number of carbonyl (C=O) groups is 3. The third kappa shape index (κ3) is 6.55. The van der Waals surface area contributed by atoms with Gasteiger partial charge in [0.05, 0.1) is 6.42 Å².